The van der Waals surface area contributed by atoms with E-state index in [1.54, 1.807) is 35.0 Å². The van der Waals surface area contributed by atoms with Crippen LogP contribution in [-0.4, -0.2) is 46.8 Å². The number of amides is 1. The van der Waals surface area contributed by atoms with Crippen molar-refractivity contribution in [1.29, 1.82) is 0 Å². The van der Waals surface area contributed by atoms with Crippen LogP contribution in [0.3, 0.4) is 0 Å². The SMILES string of the molecule is CC1CCCCN1CCCNC(=O)Cn1cccc1C(=O)c1ccccc1. The van der Waals surface area contributed by atoms with E-state index in [1.165, 1.54) is 25.8 Å². The number of benzene rings is 1. The number of hydrogen-bond acceptors (Lipinski definition) is 3. The van der Waals surface area contributed by atoms with Crippen molar-refractivity contribution in [2.45, 2.75) is 45.2 Å². The highest BCUT2D eigenvalue weighted by atomic mass is 16.2. The number of aromatic nitrogens is 1. The molecular formula is C22H29N3O2. The second-order valence-corrected chi connectivity index (χ2v) is 7.30. The van der Waals surface area contributed by atoms with Crippen LogP contribution < -0.4 is 5.32 Å². The third-order valence-corrected chi connectivity index (χ3v) is 5.30. The lowest BCUT2D eigenvalue weighted by atomic mass is 10.0. The summed E-state index contributed by atoms with van der Waals surface area (Å²) in [6.07, 6.45) is 6.62. The maximum absolute atomic E-state index is 12.6. The Bertz CT molecular complexity index is 754. The van der Waals surface area contributed by atoms with E-state index in [2.05, 4.69) is 17.1 Å². The molecule has 1 unspecified atom stereocenters. The molecule has 1 aromatic carbocycles. The van der Waals surface area contributed by atoms with Gasteiger partial charge in [0, 0.05) is 30.9 Å². The van der Waals surface area contributed by atoms with Crippen LogP contribution in [0.2, 0.25) is 0 Å². The van der Waals surface area contributed by atoms with Crippen LogP contribution in [0.5, 0.6) is 0 Å². The fourth-order valence-electron chi connectivity index (χ4n) is 3.71. The fourth-order valence-corrected chi connectivity index (χ4v) is 3.71. The Labute approximate surface area is 161 Å². The van der Waals surface area contributed by atoms with Crippen LogP contribution in [0.25, 0.3) is 0 Å². The van der Waals surface area contributed by atoms with Crippen LogP contribution in [0, 0.1) is 0 Å². The van der Waals surface area contributed by atoms with Gasteiger partial charge in [-0.25, -0.2) is 0 Å². The molecule has 0 radical (unpaired) electrons. The second-order valence-electron chi connectivity index (χ2n) is 7.30. The zero-order valence-electron chi connectivity index (χ0n) is 16.1. The van der Waals surface area contributed by atoms with Gasteiger partial charge in [0.15, 0.2) is 0 Å². The molecule has 5 nitrogen and oxygen atoms in total. The van der Waals surface area contributed by atoms with Gasteiger partial charge in [0.2, 0.25) is 11.7 Å². The topological polar surface area (TPSA) is 54.3 Å². The molecule has 1 amide bonds. The normalized spacial score (nSPS) is 17.6. The zero-order valence-corrected chi connectivity index (χ0v) is 16.1. The predicted molar refractivity (Wildman–Crippen MR) is 107 cm³/mol. The highest BCUT2D eigenvalue weighted by Crippen LogP contribution is 2.16. The van der Waals surface area contributed by atoms with Gasteiger partial charge < -0.3 is 14.8 Å². The molecule has 1 aromatic heterocycles. The average Bonchev–Trinajstić information content (AvgIpc) is 3.14. The summed E-state index contributed by atoms with van der Waals surface area (Å²) in [5.74, 6) is -0.118. The fraction of sp³-hybridized carbons (Fsp3) is 0.455. The molecule has 0 bridgehead atoms. The maximum Gasteiger partial charge on any atom is 0.239 e. The van der Waals surface area contributed by atoms with E-state index in [0.717, 1.165) is 13.0 Å². The number of rotatable bonds is 8. The molecule has 27 heavy (non-hydrogen) atoms. The molecule has 2 heterocycles. The lowest BCUT2D eigenvalue weighted by Gasteiger charge is -2.33. The number of likely N-dealkylation sites (tertiary alicyclic amines) is 1. The van der Waals surface area contributed by atoms with Crippen LogP contribution >= 0.6 is 0 Å². The molecule has 144 valence electrons. The van der Waals surface area contributed by atoms with Crippen LogP contribution in [0.15, 0.2) is 48.7 Å². The molecule has 0 saturated carbocycles. The van der Waals surface area contributed by atoms with Crippen molar-refractivity contribution in [2.75, 3.05) is 19.6 Å². The summed E-state index contributed by atoms with van der Waals surface area (Å²) >= 11 is 0. The largest absolute Gasteiger partial charge is 0.355 e. The number of nitrogens with one attached hydrogen (secondary N) is 1. The summed E-state index contributed by atoms with van der Waals surface area (Å²) < 4.78 is 1.72. The third-order valence-electron chi connectivity index (χ3n) is 5.30. The van der Waals surface area contributed by atoms with E-state index in [9.17, 15) is 9.59 Å². The van der Waals surface area contributed by atoms with Crippen LogP contribution in [-0.2, 0) is 11.3 Å². The molecular weight excluding hydrogens is 338 g/mol. The molecule has 1 fully saturated rings. The van der Waals surface area contributed by atoms with Gasteiger partial charge in [-0.1, -0.05) is 36.8 Å². The van der Waals surface area contributed by atoms with Gasteiger partial charge in [-0.05, 0) is 44.9 Å². The minimum Gasteiger partial charge on any atom is -0.355 e. The van der Waals surface area contributed by atoms with Gasteiger partial charge in [0.05, 0.1) is 5.69 Å². The van der Waals surface area contributed by atoms with Gasteiger partial charge in [-0.2, -0.15) is 0 Å². The first-order chi connectivity index (χ1) is 13.1. The van der Waals surface area contributed by atoms with Crippen molar-refractivity contribution in [1.82, 2.24) is 14.8 Å². The third kappa shape index (κ3) is 5.30. The van der Waals surface area contributed by atoms with E-state index < -0.39 is 0 Å². The first-order valence-electron chi connectivity index (χ1n) is 9.91. The average molecular weight is 367 g/mol. The van der Waals surface area contributed by atoms with E-state index in [1.807, 2.05) is 18.2 Å². The number of carbonyl (C=O) groups excluding carboxylic acids is 2. The maximum atomic E-state index is 12.6. The second kappa shape index (κ2) is 9.51. The molecule has 2 aromatic rings. The minimum atomic E-state index is -0.0625. The van der Waals surface area contributed by atoms with Crippen molar-refractivity contribution >= 4 is 11.7 Å². The van der Waals surface area contributed by atoms with Crippen LogP contribution in [0.4, 0.5) is 0 Å². The van der Waals surface area contributed by atoms with Gasteiger partial charge in [0.25, 0.3) is 0 Å². The van der Waals surface area contributed by atoms with Crippen molar-refractivity contribution < 1.29 is 9.59 Å². The highest BCUT2D eigenvalue weighted by molar-refractivity contribution is 6.08. The molecule has 1 atom stereocenters. The summed E-state index contributed by atoms with van der Waals surface area (Å²) in [6.45, 7) is 5.33. The molecule has 1 N–H and O–H groups in total. The monoisotopic (exact) mass is 367 g/mol. The van der Waals surface area contributed by atoms with Crippen LogP contribution in [0.1, 0.15) is 48.7 Å². The molecule has 5 heteroatoms. The molecule has 1 aliphatic rings. The Kier molecular flexibility index (Phi) is 6.82. The quantitative estimate of drug-likeness (QED) is 0.576. The number of ketones is 1. The summed E-state index contributed by atoms with van der Waals surface area (Å²) in [4.78, 5) is 27.4. The highest BCUT2D eigenvalue weighted by Gasteiger charge is 2.17. The molecule has 3 rings (SSSR count). The summed E-state index contributed by atoms with van der Waals surface area (Å²) in [6, 6.07) is 13.4. The Morgan fingerprint density at radius 3 is 2.70 bits per heavy atom. The van der Waals surface area contributed by atoms with Gasteiger partial charge in [0.1, 0.15) is 6.54 Å². The van der Waals surface area contributed by atoms with Crippen molar-refractivity contribution in [2.24, 2.45) is 0 Å². The van der Waals surface area contributed by atoms with E-state index in [4.69, 9.17) is 0 Å². The summed E-state index contributed by atoms with van der Waals surface area (Å²) in [5, 5.41) is 2.98. The predicted octanol–water partition coefficient (Wildman–Crippen LogP) is 3.10. The van der Waals surface area contributed by atoms with E-state index >= 15 is 0 Å². The zero-order chi connectivity index (χ0) is 19.1. The molecule has 0 aliphatic carbocycles. The van der Waals surface area contributed by atoms with Crippen molar-refractivity contribution in [3.05, 3.63) is 59.9 Å². The minimum absolute atomic E-state index is 0.0556. The van der Waals surface area contributed by atoms with Gasteiger partial charge in [-0.3, -0.25) is 9.59 Å². The molecule has 0 spiro atoms. The number of carbonyl (C=O) groups is 2. The first kappa shape index (κ1) is 19.4. The lowest BCUT2D eigenvalue weighted by molar-refractivity contribution is -0.121. The Morgan fingerprint density at radius 1 is 1.11 bits per heavy atom. The molecule has 1 saturated heterocycles. The Morgan fingerprint density at radius 2 is 1.93 bits per heavy atom. The van der Waals surface area contributed by atoms with Gasteiger partial charge >= 0.3 is 0 Å². The first-order valence-corrected chi connectivity index (χ1v) is 9.91. The van der Waals surface area contributed by atoms with E-state index in [0.29, 0.717) is 23.8 Å². The summed E-state index contributed by atoms with van der Waals surface area (Å²) in [7, 11) is 0. The number of piperidine rings is 1. The lowest BCUT2D eigenvalue weighted by Crippen LogP contribution is -2.39. The smallest absolute Gasteiger partial charge is 0.239 e. The van der Waals surface area contributed by atoms with Gasteiger partial charge in [-0.15, -0.1) is 0 Å². The number of hydrogen-bond donors (Lipinski definition) is 1. The molecule has 1 aliphatic heterocycles. The summed E-state index contributed by atoms with van der Waals surface area (Å²) in [5.41, 5.74) is 1.17. The Hall–Kier alpha value is -2.40. The van der Waals surface area contributed by atoms with E-state index in [-0.39, 0.29) is 18.2 Å². The van der Waals surface area contributed by atoms with Crippen molar-refractivity contribution in [3.8, 4) is 0 Å². The standard InChI is InChI=1S/C22H29N3O2/c1-18-9-5-6-14-24(18)16-8-13-23-21(26)17-25-15-7-12-20(25)22(27)19-10-3-2-4-11-19/h2-4,7,10-12,15,18H,5-6,8-9,13-14,16-17H2,1H3,(H,23,26). The van der Waals surface area contributed by atoms with Crippen molar-refractivity contribution in [3.63, 3.8) is 0 Å². The number of nitrogens with zero attached hydrogens (tertiary/aromatic N) is 2. The Balaban J connectivity index is 1.46.